The van der Waals surface area contributed by atoms with E-state index in [1.54, 1.807) is 7.05 Å². The molecule has 4 N–H and O–H groups in total. The number of anilines is 2. The fourth-order valence-electron chi connectivity index (χ4n) is 3.28. The van der Waals surface area contributed by atoms with Crippen molar-refractivity contribution >= 4 is 22.5 Å². The van der Waals surface area contributed by atoms with Crippen LogP contribution in [-0.2, 0) is 0 Å². The number of aromatic nitrogens is 4. The first-order valence-electron chi connectivity index (χ1n) is 10.9. The van der Waals surface area contributed by atoms with E-state index in [0.717, 1.165) is 0 Å². The van der Waals surface area contributed by atoms with Gasteiger partial charge in [0.05, 0.1) is 24.5 Å². The first-order valence-corrected chi connectivity index (χ1v) is 10.9. The molecule has 1 atom stereocenters. The van der Waals surface area contributed by atoms with Gasteiger partial charge in [-0.05, 0) is 33.4 Å². The molecule has 35 heavy (non-hydrogen) atoms. The SMILES string of the molecule is CCC(C)Oc1nc(-c2cc(N)nc(C)c2OC(F)F)c(F)c2nc(OC)nc(NCCNC)c12. The zero-order chi connectivity index (χ0) is 25.7. The van der Waals surface area contributed by atoms with Gasteiger partial charge >= 0.3 is 12.6 Å². The minimum Gasteiger partial charge on any atom is -0.474 e. The van der Waals surface area contributed by atoms with Gasteiger partial charge < -0.3 is 30.6 Å². The number of alkyl halides is 2. The molecule has 0 aliphatic carbocycles. The van der Waals surface area contributed by atoms with Crippen molar-refractivity contribution in [2.75, 3.05) is 38.3 Å². The molecular weight excluding hydrogens is 467 g/mol. The number of methoxy groups -OCH3 is 1. The number of nitrogen functional groups attached to an aromatic ring is 1. The van der Waals surface area contributed by atoms with E-state index in [2.05, 4.69) is 35.3 Å². The summed E-state index contributed by atoms with van der Waals surface area (Å²) in [4.78, 5) is 16.8. The van der Waals surface area contributed by atoms with E-state index in [1.807, 2.05) is 13.8 Å². The van der Waals surface area contributed by atoms with E-state index in [-0.39, 0.29) is 63.2 Å². The Kier molecular flexibility index (Phi) is 8.33. The molecule has 3 aromatic rings. The zero-order valence-electron chi connectivity index (χ0n) is 20.1. The number of rotatable bonds is 11. The van der Waals surface area contributed by atoms with Crippen LogP contribution in [0.5, 0.6) is 17.6 Å². The van der Waals surface area contributed by atoms with Crippen molar-refractivity contribution in [2.24, 2.45) is 0 Å². The van der Waals surface area contributed by atoms with Gasteiger partial charge in [0.2, 0.25) is 5.88 Å². The highest BCUT2D eigenvalue weighted by molar-refractivity contribution is 5.96. The van der Waals surface area contributed by atoms with Crippen LogP contribution >= 0.6 is 0 Å². The van der Waals surface area contributed by atoms with Gasteiger partial charge in [0.1, 0.15) is 28.2 Å². The minimum absolute atomic E-state index is 0.0106. The fourth-order valence-corrected chi connectivity index (χ4v) is 3.28. The molecule has 0 spiro atoms. The summed E-state index contributed by atoms with van der Waals surface area (Å²) >= 11 is 0. The average molecular weight is 496 g/mol. The summed E-state index contributed by atoms with van der Waals surface area (Å²) in [6, 6.07) is 1.10. The summed E-state index contributed by atoms with van der Waals surface area (Å²) in [6.07, 6.45) is 0.313. The number of hydrogen-bond acceptors (Lipinski definition) is 10. The van der Waals surface area contributed by atoms with Crippen molar-refractivity contribution in [3.05, 3.63) is 17.6 Å². The van der Waals surface area contributed by atoms with Gasteiger partial charge in [0.15, 0.2) is 11.6 Å². The molecule has 0 radical (unpaired) electrons. The average Bonchev–Trinajstić information content (AvgIpc) is 2.82. The highest BCUT2D eigenvalue weighted by atomic mass is 19.3. The Morgan fingerprint density at radius 3 is 2.49 bits per heavy atom. The van der Waals surface area contributed by atoms with Crippen molar-refractivity contribution in [3.63, 3.8) is 0 Å². The second-order valence-corrected chi connectivity index (χ2v) is 7.62. The van der Waals surface area contributed by atoms with Gasteiger partial charge in [-0.15, -0.1) is 0 Å². The standard InChI is InChI=1S/C22H28F3N7O3/c1-6-10(2)34-20-14-17(31-22(33-5)32-19(14)28-8-7-27-4)15(23)16(30-20)12-9-13(26)29-11(3)18(12)35-21(24)25/h9-10,21,27H,6-8H2,1-5H3,(H2,26,29)(H,28,31,32). The summed E-state index contributed by atoms with van der Waals surface area (Å²) in [7, 11) is 3.13. The molecule has 10 nitrogen and oxygen atoms in total. The van der Waals surface area contributed by atoms with Crippen molar-refractivity contribution in [2.45, 2.75) is 39.9 Å². The Morgan fingerprint density at radius 2 is 1.86 bits per heavy atom. The Balaban J connectivity index is 2.37. The molecule has 190 valence electrons. The number of nitrogens with zero attached hydrogens (tertiary/aromatic N) is 4. The van der Waals surface area contributed by atoms with Gasteiger partial charge in [0, 0.05) is 13.1 Å². The van der Waals surface area contributed by atoms with Crippen molar-refractivity contribution in [3.8, 4) is 28.9 Å². The third-order valence-corrected chi connectivity index (χ3v) is 5.09. The molecule has 0 saturated carbocycles. The van der Waals surface area contributed by atoms with Crippen LogP contribution in [0, 0.1) is 12.7 Å². The van der Waals surface area contributed by atoms with Gasteiger partial charge in [0.25, 0.3) is 0 Å². The largest absolute Gasteiger partial charge is 0.474 e. The number of nitrogens with one attached hydrogen (secondary N) is 2. The van der Waals surface area contributed by atoms with Crippen LogP contribution in [-0.4, -0.2) is 59.9 Å². The van der Waals surface area contributed by atoms with Crippen LogP contribution in [0.25, 0.3) is 22.2 Å². The Labute approximate surface area is 200 Å². The predicted molar refractivity (Wildman–Crippen MR) is 126 cm³/mol. The molecule has 0 saturated heterocycles. The lowest BCUT2D eigenvalue weighted by atomic mass is 10.1. The second-order valence-electron chi connectivity index (χ2n) is 7.62. The maximum Gasteiger partial charge on any atom is 0.387 e. The summed E-state index contributed by atoms with van der Waals surface area (Å²) in [6.45, 7) is 3.00. The van der Waals surface area contributed by atoms with E-state index in [9.17, 15) is 8.78 Å². The lowest BCUT2D eigenvalue weighted by molar-refractivity contribution is -0.0501. The molecule has 3 aromatic heterocycles. The van der Waals surface area contributed by atoms with Crippen molar-refractivity contribution < 1.29 is 27.4 Å². The number of likely N-dealkylation sites (N-methyl/N-ethyl adjacent to an activating group) is 1. The van der Waals surface area contributed by atoms with Crippen LogP contribution in [0.15, 0.2) is 6.07 Å². The quantitative estimate of drug-likeness (QED) is 0.340. The van der Waals surface area contributed by atoms with E-state index in [4.69, 9.17) is 15.2 Å². The topological polar surface area (TPSA) is 129 Å². The molecule has 3 heterocycles. The third-order valence-electron chi connectivity index (χ3n) is 5.09. The maximum atomic E-state index is 16.0. The van der Waals surface area contributed by atoms with Crippen LogP contribution < -0.4 is 30.6 Å². The first-order chi connectivity index (χ1) is 16.7. The van der Waals surface area contributed by atoms with Crippen LogP contribution in [0.2, 0.25) is 0 Å². The molecule has 13 heteroatoms. The van der Waals surface area contributed by atoms with Gasteiger partial charge in [-0.3, -0.25) is 0 Å². The monoisotopic (exact) mass is 495 g/mol. The highest BCUT2D eigenvalue weighted by Gasteiger charge is 2.27. The molecule has 0 aliphatic heterocycles. The molecular formula is C22H28F3N7O3. The normalized spacial score (nSPS) is 12.1. The maximum absolute atomic E-state index is 16.0. The molecule has 0 bridgehead atoms. The molecule has 0 aromatic carbocycles. The number of fused-ring (bicyclic) bond motifs is 1. The number of pyridine rings is 2. The molecule has 1 unspecified atom stereocenters. The molecule has 0 amide bonds. The van der Waals surface area contributed by atoms with Crippen molar-refractivity contribution in [1.82, 2.24) is 25.3 Å². The summed E-state index contributed by atoms with van der Waals surface area (Å²) in [5, 5.41) is 6.28. The number of hydrogen-bond donors (Lipinski definition) is 3. The van der Waals surface area contributed by atoms with Crippen molar-refractivity contribution in [1.29, 1.82) is 0 Å². The van der Waals surface area contributed by atoms with E-state index < -0.39 is 12.4 Å². The number of aryl methyl sites for hydroxylation is 1. The second kappa shape index (κ2) is 11.2. The first kappa shape index (κ1) is 26.0. The summed E-state index contributed by atoms with van der Waals surface area (Å²) in [5.74, 6) is -1.05. The predicted octanol–water partition coefficient (Wildman–Crippen LogP) is 3.54. The van der Waals surface area contributed by atoms with Crippen LogP contribution in [0.1, 0.15) is 26.0 Å². The van der Waals surface area contributed by atoms with Gasteiger partial charge in [-0.25, -0.2) is 14.4 Å². The van der Waals surface area contributed by atoms with Crippen LogP contribution in [0.3, 0.4) is 0 Å². The van der Waals surface area contributed by atoms with E-state index in [1.165, 1.54) is 20.1 Å². The highest BCUT2D eigenvalue weighted by Crippen LogP contribution is 2.41. The summed E-state index contributed by atoms with van der Waals surface area (Å²) < 4.78 is 58.2. The number of ether oxygens (including phenoxy) is 3. The summed E-state index contributed by atoms with van der Waals surface area (Å²) in [5.41, 5.74) is 5.24. The smallest absolute Gasteiger partial charge is 0.387 e. The van der Waals surface area contributed by atoms with Gasteiger partial charge in [-0.2, -0.15) is 18.7 Å². The van der Waals surface area contributed by atoms with Crippen LogP contribution in [0.4, 0.5) is 24.8 Å². The van der Waals surface area contributed by atoms with E-state index >= 15 is 4.39 Å². The third kappa shape index (κ3) is 5.73. The number of nitrogens with two attached hydrogens (primary N) is 1. The molecule has 0 fully saturated rings. The fraction of sp³-hybridized carbons (Fsp3) is 0.455. The lowest BCUT2D eigenvalue weighted by Gasteiger charge is -2.19. The molecule has 3 rings (SSSR count). The lowest BCUT2D eigenvalue weighted by Crippen LogP contribution is -2.19. The van der Waals surface area contributed by atoms with E-state index in [0.29, 0.717) is 19.5 Å². The van der Waals surface area contributed by atoms with Gasteiger partial charge in [-0.1, -0.05) is 6.92 Å². The zero-order valence-corrected chi connectivity index (χ0v) is 20.1. The Hall–Kier alpha value is -3.61. The minimum atomic E-state index is -3.18. The molecule has 0 aliphatic rings. The Bertz CT molecular complexity index is 1200. The Morgan fingerprint density at radius 1 is 1.11 bits per heavy atom. The number of halogens is 3.